The van der Waals surface area contributed by atoms with Crippen molar-refractivity contribution in [3.05, 3.63) is 29.8 Å². The molecule has 0 bridgehead atoms. The van der Waals surface area contributed by atoms with Crippen LogP contribution < -0.4 is 11.1 Å². The molecule has 1 aromatic rings. The van der Waals surface area contributed by atoms with E-state index in [1.807, 2.05) is 31.2 Å². The van der Waals surface area contributed by atoms with E-state index in [1.54, 1.807) is 0 Å². The van der Waals surface area contributed by atoms with Gasteiger partial charge < -0.3 is 20.5 Å². The predicted octanol–water partition coefficient (Wildman–Crippen LogP) is 2.19. The molecule has 2 aliphatic rings. The Bertz CT molecular complexity index is 511. The minimum Gasteiger partial charge on any atom is -0.346 e. The zero-order valence-electron chi connectivity index (χ0n) is 12.3. The van der Waals surface area contributed by atoms with Crippen LogP contribution in [0.5, 0.6) is 0 Å². The first kappa shape index (κ1) is 14.5. The van der Waals surface area contributed by atoms with E-state index in [2.05, 4.69) is 5.32 Å². The highest BCUT2D eigenvalue weighted by Gasteiger charge is 2.42. The van der Waals surface area contributed by atoms with Gasteiger partial charge in [-0.05, 0) is 31.9 Å². The lowest BCUT2D eigenvalue weighted by Gasteiger charge is -2.27. The standard InChI is InChI=1S/C16H22N2O3/c1-16(8-2-3-13(16)17)15(19)18-12-6-4-11(5-7-12)14-20-9-10-21-14/h4-7,13-14H,2-3,8-10,17H2,1H3,(H,18,19). The summed E-state index contributed by atoms with van der Waals surface area (Å²) in [6.45, 7) is 3.20. The molecule has 1 saturated heterocycles. The molecule has 5 heteroatoms. The summed E-state index contributed by atoms with van der Waals surface area (Å²) in [6.07, 6.45) is 2.50. The lowest BCUT2D eigenvalue weighted by atomic mass is 9.84. The van der Waals surface area contributed by atoms with Crippen LogP contribution in [0.15, 0.2) is 24.3 Å². The molecule has 1 aliphatic heterocycles. The molecule has 1 aromatic carbocycles. The van der Waals surface area contributed by atoms with Crippen molar-refractivity contribution in [2.45, 2.75) is 38.5 Å². The van der Waals surface area contributed by atoms with Crippen molar-refractivity contribution in [1.29, 1.82) is 0 Å². The molecule has 1 saturated carbocycles. The maximum absolute atomic E-state index is 12.4. The molecule has 1 aliphatic carbocycles. The molecule has 1 amide bonds. The van der Waals surface area contributed by atoms with Crippen molar-refractivity contribution >= 4 is 11.6 Å². The minimum absolute atomic E-state index is 0.00798. The normalized spacial score (nSPS) is 29.7. The molecule has 21 heavy (non-hydrogen) atoms. The van der Waals surface area contributed by atoms with Crippen LogP contribution in [0, 0.1) is 5.41 Å². The molecule has 5 nitrogen and oxygen atoms in total. The smallest absolute Gasteiger partial charge is 0.231 e. The van der Waals surface area contributed by atoms with Gasteiger partial charge in [-0.2, -0.15) is 0 Å². The van der Waals surface area contributed by atoms with E-state index >= 15 is 0 Å². The summed E-state index contributed by atoms with van der Waals surface area (Å²) in [5.74, 6) is 0.00798. The van der Waals surface area contributed by atoms with E-state index in [0.717, 1.165) is 30.5 Å². The van der Waals surface area contributed by atoms with Crippen LogP contribution in [0.25, 0.3) is 0 Å². The predicted molar refractivity (Wildman–Crippen MR) is 79.7 cm³/mol. The fourth-order valence-corrected chi connectivity index (χ4v) is 3.02. The SMILES string of the molecule is CC1(C(=O)Nc2ccc(C3OCCO3)cc2)CCCC1N. The average Bonchev–Trinajstić information content (AvgIpc) is 3.12. The Morgan fingerprint density at radius 3 is 2.52 bits per heavy atom. The number of hydrogen-bond acceptors (Lipinski definition) is 4. The molecular weight excluding hydrogens is 268 g/mol. The third-order valence-corrected chi connectivity index (χ3v) is 4.61. The topological polar surface area (TPSA) is 73.6 Å². The average molecular weight is 290 g/mol. The van der Waals surface area contributed by atoms with Gasteiger partial charge in [0.15, 0.2) is 6.29 Å². The second-order valence-electron chi connectivity index (χ2n) is 6.07. The monoisotopic (exact) mass is 290 g/mol. The number of nitrogens with one attached hydrogen (secondary N) is 1. The number of ether oxygens (including phenoxy) is 2. The molecule has 0 radical (unpaired) electrons. The van der Waals surface area contributed by atoms with Gasteiger partial charge in [-0.15, -0.1) is 0 Å². The first-order valence-electron chi connectivity index (χ1n) is 7.50. The maximum Gasteiger partial charge on any atom is 0.231 e. The highest BCUT2D eigenvalue weighted by Crippen LogP contribution is 2.37. The minimum atomic E-state index is -0.462. The van der Waals surface area contributed by atoms with Crippen molar-refractivity contribution in [3.63, 3.8) is 0 Å². The number of carbonyl (C=O) groups is 1. The van der Waals surface area contributed by atoms with Gasteiger partial charge in [-0.1, -0.05) is 18.6 Å². The van der Waals surface area contributed by atoms with Crippen LogP contribution in [-0.2, 0) is 14.3 Å². The second kappa shape index (κ2) is 5.75. The summed E-state index contributed by atoms with van der Waals surface area (Å²) in [5.41, 5.74) is 7.37. The third kappa shape index (κ3) is 2.81. The molecule has 0 spiro atoms. The summed E-state index contributed by atoms with van der Waals surface area (Å²) in [7, 11) is 0. The highest BCUT2D eigenvalue weighted by atomic mass is 16.7. The van der Waals surface area contributed by atoms with Crippen LogP contribution in [-0.4, -0.2) is 25.2 Å². The van der Waals surface area contributed by atoms with E-state index in [4.69, 9.17) is 15.2 Å². The number of carbonyl (C=O) groups excluding carboxylic acids is 1. The number of rotatable bonds is 3. The molecular formula is C16H22N2O3. The van der Waals surface area contributed by atoms with Crippen molar-refractivity contribution in [1.82, 2.24) is 0 Å². The second-order valence-corrected chi connectivity index (χ2v) is 6.07. The number of anilines is 1. The fraction of sp³-hybridized carbons (Fsp3) is 0.562. The van der Waals surface area contributed by atoms with E-state index in [-0.39, 0.29) is 18.2 Å². The first-order valence-corrected chi connectivity index (χ1v) is 7.50. The molecule has 114 valence electrons. The van der Waals surface area contributed by atoms with Gasteiger partial charge in [0, 0.05) is 17.3 Å². The zero-order valence-corrected chi connectivity index (χ0v) is 12.3. The number of hydrogen-bond donors (Lipinski definition) is 2. The van der Waals surface area contributed by atoms with Gasteiger partial charge in [0.05, 0.1) is 18.6 Å². The van der Waals surface area contributed by atoms with Crippen LogP contribution in [0.1, 0.15) is 38.0 Å². The van der Waals surface area contributed by atoms with Gasteiger partial charge in [0.1, 0.15) is 0 Å². The number of nitrogens with two attached hydrogens (primary N) is 1. The largest absolute Gasteiger partial charge is 0.346 e. The lowest BCUT2D eigenvalue weighted by molar-refractivity contribution is -0.125. The molecule has 3 rings (SSSR count). The Morgan fingerprint density at radius 2 is 1.95 bits per heavy atom. The third-order valence-electron chi connectivity index (χ3n) is 4.61. The van der Waals surface area contributed by atoms with Gasteiger partial charge in [0.25, 0.3) is 0 Å². The van der Waals surface area contributed by atoms with Gasteiger partial charge in [-0.25, -0.2) is 0 Å². The Morgan fingerprint density at radius 1 is 1.29 bits per heavy atom. The van der Waals surface area contributed by atoms with Crippen molar-refractivity contribution in [2.75, 3.05) is 18.5 Å². The summed E-state index contributed by atoms with van der Waals surface area (Å²) < 4.78 is 10.9. The summed E-state index contributed by atoms with van der Waals surface area (Å²) in [5, 5.41) is 2.97. The zero-order chi connectivity index (χ0) is 14.9. The number of benzene rings is 1. The van der Waals surface area contributed by atoms with Crippen molar-refractivity contribution < 1.29 is 14.3 Å². The van der Waals surface area contributed by atoms with Crippen LogP contribution in [0.2, 0.25) is 0 Å². The summed E-state index contributed by atoms with van der Waals surface area (Å²) in [4.78, 5) is 12.4. The van der Waals surface area contributed by atoms with Gasteiger partial charge >= 0.3 is 0 Å². The molecule has 2 atom stereocenters. The first-order chi connectivity index (χ1) is 10.1. The van der Waals surface area contributed by atoms with E-state index in [9.17, 15) is 4.79 Å². The Kier molecular flexibility index (Phi) is 3.97. The fourth-order valence-electron chi connectivity index (χ4n) is 3.02. The Labute approximate surface area is 124 Å². The Balaban J connectivity index is 1.66. The number of amides is 1. The van der Waals surface area contributed by atoms with E-state index in [0.29, 0.717) is 13.2 Å². The van der Waals surface area contributed by atoms with Gasteiger partial charge in [0.2, 0.25) is 5.91 Å². The molecule has 2 unspecified atom stereocenters. The molecule has 1 heterocycles. The summed E-state index contributed by atoms with van der Waals surface area (Å²) in [6, 6.07) is 7.53. The molecule has 0 aromatic heterocycles. The molecule has 2 fully saturated rings. The van der Waals surface area contributed by atoms with E-state index in [1.165, 1.54) is 0 Å². The molecule has 3 N–H and O–H groups in total. The highest BCUT2D eigenvalue weighted by molar-refractivity contribution is 5.95. The van der Waals surface area contributed by atoms with Gasteiger partial charge in [-0.3, -0.25) is 4.79 Å². The van der Waals surface area contributed by atoms with E-state index < -0.39 is 5.41 Å². The van der Waals surface area contributed by atoms with Crippen LogP contribution in [0.3, 0.4) is 0 Å². The van der Waals surface area contributed by atoms with Crippen molar-refractivity contribution in [3.8, 4) is 0 Å². The Hall–Kier alpha value is -1.43. The van der Waals surface area contributed by atoms with Crippen LogP contribution in [0.4, 0.5) is 5.69 Å². The van der Waals surface area contributed by atoms with Crippen LogP contribution >= 0.6 is 0 Å². The lowest BCUT2D eigenvalue weighted by Crippen LogP contribution is -2.44. The maximum atomic E-state index is 12.4. The van der Waals surface area contributed by atoms with Crippen molar-refractivity contribution in [2.24, 2.45) is 11.1 Å². The quantitative estimate of drug-likeness (QED) is 0.895. The summed E-state index contributed by atoms with van der Waals surface area (Å²) >= 11 is 0.